The molecular formula is C23H30FN7O2. The van der Waals surface area contributed by atoms with E-state index in [1.165, 1.54) is 12.4 Å². The number of nitrogens with one attached hydrogen (secondary N) is 1. The zero-order chi connectivity index (χ0) is 23.2. The first-order chi connectivity index (χ1) is 16.1. The minimum absolute atomic E-state index is 0.0580. The number of fused-ring (bicyclic) bond motifs is 1. The number of halogens is 1. The Bertz CT molecular complexity index is 1030. The summed E-state index contributed by atoms with van der Waals surface area (Å²) in [6.45, 7) is 8.79. The van der Waals surface area contributed by atoms with Crippen LogP contribution in [0.1, 0.15) is 36.2 Å². The number of aryl methyl sites for hydroxylation is 1. The number of hydrogen-bond acceptors (Lipinski definition) is 6. The molecule has 0 bridgehead atoms. The lowest BCUT2D eigenvalue weighted by Crippen LogP contribution is -2.51. The largest absolute Gasteiger partial charge is 0.493 e. The molecule has 1 saturated heterocycles. The second-order valence-corrected chi connectivity index (χ2v) is 8.21. The predicted molar refractivity (Wildman–Crippen MR) is 122 cm³/mol. The summed E-state index contributed by atoms with van der Waals surface area (Å²) in [6.07, 6.45) is 6.76. The highest BCUT2D eigenvalue weighted by Crippen LogP contribution is 2.30. The molecule has 176 valence electrons. The summed E-state index contributed by atoms with van der Waals surface area (Å²) in [7, 11) is 0. The van der Waals surface area contributed by atoms with Gasteiger partial charge in [-0.2, -0.15) is 0 Å². The molecule has 1 aromatic heterocycles. The van der Waals surface area contributed by atoms with Crippen molar-refractivity contribution in [3.05, 3.63) is 53.9 Å². The summed E-state index contributed by atoms with van der Waals surface area (Å²) in [5.41, 5.74) is 4.49. The molecule has 1 amide bonds. The molecule has 0 aliphatic carbocycles. The van der Waals surface area contributed by atoms with E-state index < -0.39 is 0 Å². The average molecular weight is 456 g/mol. The van der Waals surface area contributed by atoms with Crippen molar-refractivity contribution < 1.29 is 13.9 Å². The Hall–Kier alpha value is -3.27. The van der Waals surface area contributed by atoms with Gasteiger partial charge in [0.05, 0.1) is 19.7 Å². The molecule has 0 saturated carbocycles. The number of carbonyl (C=O) groups is 1. The van der Waals surface area contributed by atoms with E-state index in [1.54, 1.807) is 28.6 Å². The van der Waals surface area contributed by atoms with Gasteiger partial charge in [-0.1, -0.05) is 6.08 Å². The molecule has 33 heavy (non-hydrogen) atoms. The fourth-order valence-electron chi connectivity index (χ4n) is 4.11. The third-order valence-corrected chi connectivity index (χ3v) is 5.92. The lowest BCUT2D eigenvalue weighted by atomic mass is 10.0. The van der Waals surface area contributed by atoms with Crippen LogP contribution in [0, 0.1) is 12.7 Å². The van der Waals surface area contributed by atoms with E-state index in [-0.39, 0.29) is 18.3 Å². The molecule has 3 heterocycles. The van der Waals surface area contributed by atoms with Crippen LogP contribution in [0.3, 0.4) is 0 Å². The highest BCUT2D eigenvalue weighted by atomic mass is 19.1. The Labute approximate surface area is 192 Å². The van der Waals surface area contributed by atoms with Crippen LogP contribution in [0.2, 0.25) is 0 Å². The molecule has 2 aliphatic rings. The van der Waals surface area contributed by atoms with Gasteiger partial charge in [0.25, 0.3) is 5.91 Å². The molecule has 1 N–H and O–H groups in total. The number of carbonyl (C=O) groups excluding carboxylic acids is 1. The summed E-state index contributed by atoms with van der Waals surface area (Å²) in [5.74, 6) is 1.27. The Morgan fingerprint density at radius 3 is 2.94 bits per heavy atom. The third-order valence-electron chi connectivity index (χ3n) is 5.92. The molecule has 0 atom stereocenters. The minimum atomic E-state index is -0.323. The fraction of sp³-hybridized carbons (Fsp3) is 0.478. The molecule has 0 unspecified atom stereocenters. The summed E-state index contributed by atoms with van der Waals surface area (Å²) < 4.78 is 21.9. The molecular weight excluding hydrogens is 425 g/mol. The van der Waals surface area contributed by atoms with E-state index >= 15 is 0 Å². The second-order valence-electron chi connectivity index (χ2n) is 8.21. The minimum Gasteiger partial charge on any atom is -0.493 e. The molecule has 10 heteroatoms. The number of aromatic nitrogens is 3. The number of hydrazine groups is 1. The Balaban J connectivity index is 1.59. The smallest absolute Gasteiger partial charge is 0.255 e. The van der Waals surface area contributed by atoms with Crippen LogP contribution in [-0.2, 0) is 17.8 Å². The number of amides is 1. The Morgan fingerprint density at radius 2 is 2.21 bits per heavy atom. The van der Waals surface area contributed by atoms with Gasteiger partial charge in [0.15, 0.2) is 0 Å². The molecule has 0 spiro atoms. The third kappa shape index (κ3) is 5.39. The van der Waals surface area contributed by atoms with E-state index in [0.29, 0.717) is 55.6 Å². The van der Waals surface area contributed by atoms with Gasteiger partial charge in [-0.3, -0.25) is 24.7 Å². The first kappa shape index (κ1) is 22.9. The van der Waals surface area contributed by atoms with Crippen molar-refractivity contribution in [2.75, 3.05) is 32.8 Å². The predicted octanol–water partition coefficient (Wildman–Crippen LogP) is 2.07. The summed E-state index contributed by atoms with van der Waals surface area (Å²) in [4.78, 5) is 19.9. The molecule has 2 aromatic rings. The van der Waals surface area contributed by atoms with Gasteiger partial charge < -0.3 is 4.74 Å². The number of rotatable bonds is 7. The fourth-order valence-corrected chi connectivity index (χ4v) is 4.11. The van der Waals surface area contributed by atoms with Crippen LogP contribution in [0.4, 0.5) is 4.39 Å². The van der Waals surface area contributed by atoms with Crippen LogP contribution < -0.4 is 10.2 Å². The molecule has 9 nitrogen and oxygen atoms in total. The molecule has 4 rings (SSSR count). The topological polar surface area (TPSA) is 87.9 Å². The monoisotopic (exact) mass is 455 g/mol. The number of benzene rings is 1. The maximum Gasteiger partial charge on any atom is 0.255 e. The van der Waals surface area contributed by atoms with Crippen molar-refractivity contribution in [2.45, 2.75) is 39.2 Å². The highest BCUT2D eigenvalue weighted by Gasteiger charge is 2.23. The van der Waals surface area contributed by atoms with E-state index in [9.17, 15) is 9.18 Å². The lowest BCUT2D eigenvalue weighted by Gasteiger charge is -2.27. The number of nitrogens with zero attached hydrogens (tertiary/aromatic N) is 6. The number of likely N-dealkylation sites (tertiary alicyclic amines) is 1. The molecule has 0 radical (unpaired) electrons. The van der Waals surface area contributed by atoms with Crippen LogP contribution in [0.25, 0.3) is 0 Å². The van der Waals surface area contributed by atoms with Gasteiger partial charge in [-0.25, -0.2) is 9.38 Å². The first-order valence-electron chi connectivity index (χ1n) is 11.3. The molecule has 1 aromatic carbocycles. The van der Waals surface area contributed by atoms with Crippen molar-refractivity contribution in [1.29, 1.82) is 0 Å². The highest BCUT2D eigenvalue weighted by molar-refractivity contribution is 5.86. The summed E-state index contributed by atoms with van der Waals surface area (Å²) in [6, 6.07) is 3.06. The van der Waals surface area contributed by atoms with Crippen LogP contribution in [0.15, 0.2) is 36.1 Å². The first-order valence-corrected chi connectivity index (χ1v) is 11.3. The molecule has 1 fully saturated rings. The lowest BCUT2D eigenvalue weighted by molar-refractivity contribution is -0.134. The standard InChI is InChI=1S/C23H30FN7O2/c1-3-4-12-31(22(32)15-29-10-5-6-11-29)28-23(30-16-26-27-17(30)2)25-14-19-18-9-13-33-21(18)8-7-20(19)24/h3,7-8,16H,1,4-6,9-15H2,2H3,(H,25,28). The normalized spacial score (nSPS) is 15.9. The zero-order valence-electron chi connectivity index (χ0n) is 19.0. The van der Waals surface area contributed by atoms with Gasteiger partial charge in [0.1, 0.15) is 23.7 Å². The van der Waals surface area contributed by atoms with Crippen LogP contribution in [0.5, 0.6) is 5.75 Å². The summed E-state index contributed by atoms with van der Waals surface area (Å²) >= 11 is 0. The van der Waals surface area contributed by atoms with Crippen molar-refractivity contribution in [1.82, 2.24) is 30.1 Å². The second kappa shape index (κ2) is 10.6. The maximum atomic E-state index is 14.6. The van der Waals surface area contributed by atoms with Gasteiger partial charge in [-0.05, 0) is 51.4 Å². The van der Waals surface area contributed by atoms with Gasteiger partial charge in [0.2, 0.25) is 5.96 Å². The Morgan fingerprint density at radius 1 is 1.39 bits per heavy atom. The van der Waals surface area contributed by atoms with E-state index in [1.807, 2.05) is 0 Å². The maximum absolute atomic E-state index is 14.6. The van der Waals surface area contributed by atoms with Crippen molar-refractivity contribution >= 4 is 11.9 Å². The number of hydrogen-bond donors (Lipinski definition) is 1. The SMILES string of the molecule is C=CCCN(NC(=NCc1c(F)ccc2c1CCO2)n1cnnc1C)C(=O)CN1CCCC1. The van der Waals surface area contributed by atoms with Gasteiger partial charge >= 0.3 is 0 Å². The van der Waals surface area contributed by atoms with Gasteiger partial charge in [-0.15, -0.1) is 16.8 Å². The van der Waals surface area contributed by atoms with Crippen LogP contribution in [-0.4, -0.2) is 69.3 Å². The van der Waals surface area contributed by atoms with Crippen molar-refractivity contribution in [3.63, 3.8) is 0 Å². The van der Waals surface area contributed by atoms with Gasteiger partial charge in [0, 0.05) is 24.1 Å². The summed E-state index contributed by atoms with van der Waals surface area (Å²) in [5, 5.41) is 9.53. The van der Waals surface area contributed by atoms with E-state index in [4.69, 9.17) is 4.74 Å². The zero-order valence-corrected chi connectivity index (χ0v) is 19.0. The average Bonchev–Trinajstić information content (AvgIpc) is 3.56. The quantitative estimate of drug-likeness (QED) is 0.298. The van der Waals surface area contributed by atoms with Crippen LogP contribution >= 0.6 is 0 Å². The molecule has 2 aliphatic heterocycles. The number of ether oxygens (including phenoxy) is 1. The van der Waals surface area contributed by atoms with E-state index in [0.717, 1.165) is 31.5 Å². The van der Waals surface area contributed by atoms with E-state index in [2.05, 4.69) is 32.1 Å². The van der Waals surface area contributed by atoms with Crippen molar-refractivity contribution in [2.24, 2.45) is 4.99 Å². The Kier molecular flexibility index (Phi) is 7.33. The number of aliphatic imine (C=N–C) groups is 1. The van der Waals surface area contributed by atoms with Crippen molar-refractivity contribution in [3.8, 4) is 5.75 Å².